The highest BCUT2D eigenvalue weighted by molar-refractivity contribution is 5.91. The first-order chi connectivity index (χ1) is 12.6. The Kier molecular flexibility index (Phi) is 5.89. The summed E-state index contributed by atoms with van der Waals surface area (Å²) in [7, 11) is 0. The molecule has 0 aliphatic carbocycles. The van der Waals surface area contributed by atoms with Crippen LogP contribution in [0, 0.1) is 5.41 Å². The average molecular weight is 353 g/mol. The number of nitrogens with one attached hydrogen (secondary N) is 3. The predicted octanol–water partition coefficient (Wildman–Crippen LogP) is 2.00. The molecule has 26 heavy (non-hydrogen) atoms. The van der Waals surface area contributed by atoms with Gasteiger partial charge >= 0.3 is 0 Å². The SMILES string of the molecule is CC1(CNC(=O)CNC(=O)Cc2cccc3ccccc23)CCNCC1. The van der Waals surface area contributed by atoms with Gasteiger partial charge in [0.15, 0.2) is 0 Å². The van der Waals surface area contributed by atoms with Gasteiger partial charge in [-0.05, 0) is 47.7 Å². The minimum atomic E-state index is -0.135. The summed E-state index contributed by atoms with van der Waals surface area (Å²) in [5, 5.41) is 11.2. The van der Waals surface area contributed by atoms with Crippen molar-refractivity contribution < 1.29 is 9.59 Å². The van der Waals surface area contributed by atoms with Crippen molar-refractivity contribution in [1.82, 2.24) is 16.0 Å². The van der Waals surface area contributed by atoms with E-state index in [0.717, 1.165) is 42.3 Å². The highest BCUT2D eigenvalue weighted by atomic mass is 16.2. The van der Waals surface area contributed by atoms with Crippen molar-refractivity contribution in [3.05, 3.63) is 48.0 Å². The number of amides is 2. The fourth-order valence-electron chi connectivity index (χ4n) is 3.44. The van der Waals surface area contributed by atoms with E-state index in [1.165, 1.54) is 0 Å². The molecule has 2 aromatic carbocycles. The van der Waals surface area contributed by atoms with E-state index in [1.807, 2.05) is 42.5 Å². The number of hydrogen-bond donors (Lipinski definition) is 3. The number of fused-ring (bicyclic) bond motifs is 1. The van der Waals surface area contributed by atoms with Crippen LogP contribution in [0.4, 0.5) is 0 Å². The summed E-state index contributed by atoms with van der Waals surface area (Å²) in [5.41, 5.74) is 1.12. The molecule has 5 nitrogen and oxygen atoms in total. The number of carbonyl (C=O) groups excluding carboxylic acids is 2. The summed E-state index contributed by atoms with van der Waals surface area (Å²) in [4.78, 5) is 24.3. The standard InChI is InChI=1S/C21H27N3O2/c1-21(9-11-22-12-10-21)15-24-20(26)14-23-19(25)13-17-7-4-6-16-5-2-3-8-18(16)17/h2-8,22H,9-15H2,1H3,(H,23,25)(H,24,26). The third kappa shape index (κ3) is 4.82. The van der Waals surface area contributed by atoms with Crippen LogP contribution in [0.15, 0.2) is 42.5 Å². The van der Waals surface area contributed by atoms with E-state index in [0.29, 0.717) is 6.54 Å². The highest BCUT2D eigenvalue weighted by Crippen LogP contribution is 2.26. The fourth-order valence-corrected chi connectivity index (χ4v) is 3.44. The molecule has 5 heteroatoms. The van der Waals surface area contributed by atoms with Gasteiger partial charge in [0.1, 0.15) is 0 Å². The summed E-state index contributed by atoms with van der Waals surface area (Å²) in [5.74, 6) is -0.263. The second-order valence-corrected chi connectivity index (χ2v) is 7.43. The Morgan fingerprint density at radius 2 is 1.73 bits per heavy atom. The third-order valence-corrected chi connectivity index (χ3v) is 5.20. The largest absolute Gasteiger partial charge is 0.354 e. The van der Waals surface area contributed by atoms with Gasteiger partial charge in [-0.2, -0.15) is 0 Å². The van der Waals surface area contributed by atoms with Gasteiger partial charge in [0.25, 0.3) is 0 Å². The Balaban J connectivity index is 1.47. The van der Waals surface area contributed by atoms with Crippen LogP contribution >= 0.6 is 0 Å². The Morgan fingerprint density at radius 3 is 2.54 bits per heavy atom. The van der Waals surface area contributed by atoms with E-state index >= 15 is 0 Å². The molecule has 0 aromatic heterocycles. The van der Waals surface area contributed by atoms with Crippen LogP contribution in [0.1, 0.15) is 25.3 Å². The molecule has 0 unspecified atom stereocenters. The van der Waals surface area contributed by atoms with Crippen molar-refractivity contribution in [2.75, 3.05) is 26.2 Å². The lowest BCUT2D eigenvalue weighted by Crippen LogP contribution is -2.45. The molecule has 3 rings (SSSR count). The monoisotopic (exact) mass is 353 g/mol. The van der Waals surface area contributed by atoms with Gasteiger partial charge in [-0.1, -0.05) is 49.4 Å². The molecule has 1 aliphatic rings. The van der Waals surface area contributed by atoms with Gasteiger partial charge in [-0.15, -0.1) is 0 Å². The summed E-state index contributed by atoms with van der Waals surface area (Å²) in [6, 6.07) is 14.0. The number of hydrogen-bond acceptors (Lipinski definition) is 3. The first kappa shape index (κ1) is 18.4. The summed E-state index contributed by atoms with van der Waals surface area (Å²) in [6.07, 6.45) is 2.39. The lowest BCUT2D eigenvalue weighted by molar-refractivity contribution is -0.126. The van der Waals surface area contributed by atoms with Crippen LogP contribution in [0.3, 0.4) is 0 Å². The fraction of sp³-hybridized carbons (Fsp3) is 0.429. The van der Waals surface area contributed by atoms with E-state index in [1.54, 1.807) is 0 Å². The number of rotatable bonds is 6. The van der Waals surface area contributed by atoms with Gasteiger partial charge < -0.3 is 16.0 Å². The van der Waals surface area contributed by atoms with Crippen LogP contribution in [-0.4, -0.2) is 38.0 Å². The third-order valence-electron chi connectivity index (χ3n) is 5.20. The molecule has 1 heterocycles. The zero-order valence-electron chi connectivity index (χ0n) is 15.3. The molecule has 0 spiro atoms. The molecule has 0 atom stereocenters. The lowest BCUT2D eigenvalue weighted by Gasteiger charge is -2.34. The van der Waals surface area contributed by atoms with Crippen molar-refractivity contribution in [3.8, 4) is 0 Å². The second kappa shape index (κ2) is 8.32. The van der Waals surface area contributed by atoms with Gasteiger partial charge in [0, 0.05) is 6.54 Å². The molecule has 2 aromatic rings. The van der Waals surface area contributed by atoms with Crippen molar-refractivity contribution in [1.29, 1.82) is 0 Å². The Labute approximate surface area is 154 Å². The molecule has 1 saturated heterocycles. The normalized spacial score (nSPS) is 16.2. The average Bonchev–Trinajstić information content (AvgIpc) is 2.66. The molecule has 1 fully saturated rings. The van der Waals surface area contributed by atoms with Crippen LogP contribution in [0.2, 0.25) is 0 Å². The van der Waals surface area contributed by atoms with Crippen LogP contribution in [-0.2, 0) is 16.0 Å². The molecular formula is C21H27N3O2. The molecular weight excluding hydrogens is 326 g/mol. The van der Waals surface area contributed by atoms with Crippen LogP contribution in [0.5, 0.6) is 0 Å². The van der Waals surface area contributed by atoms with E-state index in [9.17, 15) is 9.59 Å². The van der Waals surface area contributed by atoms with Gasteiger partial charge in [-0.25, -0.2) is 0 Å². The topological polar surface area (TPSA) is 70.2 Å². The number of carbonyl (C=O) groups is 2. The Bertz CT molecular complexity index is 776. The molecule has 138 valence electrons. The van der Waals surface area contributed by atoms with Gasteiger partial charge in [0.05, 0.1) is 13.0 Å². The van der Waals surface area contributed by atoms with Crippen molar-refractivity contribution >= 4 is 22.6 Å². The lowest BCUT2D eigenvalue weighted by atomic mass is 9.81. The van der Waals surface area contributed by atoms with Gasteiger partial charge in [-0.3, -0.25) is 9.59 Å². The maximum absolute atomic E-state index is 12.2. The minimum Gasteiger partial charge on any atom is -0.354 e. The minimum absolute atomic E-state index is 0.0257. The van der Waals surface area contributed by atoms with Gasteiger partial charge in [0.2, 0.25) is 11.8 Å². The first-order valence-electron chi connectivity index (χ1n) is 9.27. The maximum Gasteiger partial charge on any atom is 0.239 e. The first-order valence-corrected chi connectivity index (χ1v) is 9.27. The summed E-state index contributed by atoms with van der Waals surface area (Å²) in [6.45, 7) is 4.88. The molecule has 0 radical (unpaired) electrons. The molecule has 0 bridgehead atoms. The van der Waals surface area contributed by atoms with Crippen LogP contribution < -0.4 is 16.0 Å². The number of benzene rings is 2. The highest BCUT2D eigenvalue weighted by Gasteiger charge is 2.26. The quantitative estimate of drug-likeness (QED) is 0.744. The van der Waals surface area contributed by atoms with E-state index in [-0.39, 0.29) is 30.2 Å². The number of piperidine rings is 1. The molecule has 3 N–H and O–H groups in total. The van der Waals surface area contributed by atoms with Crippen molar-refractivity contribution in [3.63, 3.8) is 0 Å². The summed E-state index contributed by atoms with van der Waals surface area (Å²) < 4.78 is 0. The molecule has 1 aliphatic heterocycles. The smallest absolute Gasteiger partial charge is 0.239 e. The van der Waals surface area contributed by atoms with E-state index in [2.05, 4.69) is 22.9 Å². The maximum atomic E-state index is 12.2. The Morgan fingerprint density at radius 1 is 1.00 bits per heavy atom. The molecule has 2 amide bonds. The van der Waals surface area contributed by atoms with Crippen molar-refractivity contribution in [2.24, 2.45) is 5.41 Å². The zero-order chi connectivity index (χ0) is 18.4. The Hall–Kier alpha value is -2.40. The predicted molar refractivity (Wildman–Crippen MR) is 104 cm³/mol. The molecule has 0 saturated carbocycles. The van der Waals surface area contributed by atoms with E-state index < -0.39 is 0 Å². The second-order valence-electron chi connectivity index (χ2n) is 7.43. The summed E-state index contributed by atoms with van der Waals surface area (Å²) >= 11 is 0. The van der Waals surface area contributed by atoms with Crippen LogP contribution in [0.25, 0.3) is 10.8 Å². The van der Waals surface area contributed by atoms with Crippen molar-refractivity contribution in [2.45, 2.75) is 26.2 Å². The van der Waals surface area contributed by atoms with E-state index in [4.69, 9.17) is 0 Å². The zero-order valence-corrected chi connectivity index (χ0v) is 15.3.